The van der Waals surface area contributed by atoms with Crippen molar-refractivity contribution in [1.82, 2.24) is 9.55 Å². The van der Waals surface area contributed by atoms with Crippen LogP contribution < -0.4 is 11.4 Å². The Kier molecular flexibility index (Phi) is 7.79. The summed E-state index contributed by atoms with van der Waals surface area (Å²) in [5.41, 5.74) is 2.94. The molecule has 4 atom stereocenters. The van der Waals surface area contributed by atoms with Crippen LogP contribution >= 0.6 is 11.6 Å². The molecule has 2 heterocycles. The fourth-order valence-electron chi connectivity index (χ4n) is 3.31. The summed E-state index contributed by atoms with van der Waals surface area (Å²) in [4.78, 5) is 27.9. The first-order chi connectivity index (χ1) is 13.3. The number of aliphatic hydroxyl groups is 1. The van der Waals surface area contributed by atoms with Crippen LogP contribution in [0, 0.1) is 5.92 Å². The molecule has 10 heteroatoms. The van der Waals surface area contributed by atoms with Crippen molar-refractivity contribution in [2.75, 3.05) is 18.2 Å². The van der Waals surface area contributed by atoms with Gasteiger partial charge >= 0.3 is 11.7 Å². The average Bonchev–Trinajstić information content (AvgIpc) is 2.91. The van der Waals surface area contributed by atoms with Crippen LogP contribution in [0.2, 0.25) is 0 Å². The zero-order valence-corrected chi connectivity index (χ0v) is 16.8. The third kappa shape index (κ3) is 4.64. The molecule has 1 aliphatic heterocycles. The van der Waals surface area contributed by atoms with Gasteiger partial charge in [0.05, 0.1) is 11.8 Å². The second kappa shape index (κ2) is 9.67. The molecule has 0 saturated carbocycles. The number of halogens is 2. The van der Waals surface area contributed by atoms with Gasteiger partial charge in [0.25, 0.3) is 0 Å². The molecule has 0 spiro atoms. The summed E-state index contributed by atoms with van der Waals surface area (Å²) in [6.07, 6.45) is -0.914. The van der Waals surface area contributed by atoms with Crippen molar-refractivity contribution >= 4 is 23.4 Å². The standard InChI is InChI=1S/C18H27ClFN3O5/c1-3-5-11(6-4-2)16(25)27-10-18(9-19)14(24)13(20)15(28-18)23-8-7-12(21)22-17(23)26/h7-8,11,13-15,24H,3-6,9-10H2,1-2H3,(H2,21,22,26)/t13-,14-,15+,18+/m0/s1. The summed E-state index contributed by atoms with van der Waals surface area (Å²) in [6, 6.07) is 1.31. The van der Waals surface area contributed by atoms with Crippen LogP contribution in [0.5, 0.6) is 0 Å². The van der Waals surface area contributed by atoms with Gasteiger partial charge in [-0.2, -0.15) is 4.98 Å². The molecule has 0 radical (unpaired) electrons. The van der Waals surface area contributed by atoms with Gasteiger partial charge in [-0.25, -0.2) is 9.18 Å². The highest BCUT2D eigenvalue weighted by molar-refractivity contribution is 6.18. The minimum atomic E-state index is -1.97. The lowest BCUT2D eigenvalue weighted by molar-refractivity contribution is -0.166. The number of carbonyl (C=O) groups is 1. The number of aliphatic hydroxyl groups excluding tert-OH is 1. The normalized spacial score (nSPS) is 27.3. The number of hydrogen-bond donors (Lipinski definition) is 2. The predicted molar refractivity (Wildman–Crippen MR) is 102 cm³/mol. The van der Waals surface area contributed by atoms with E-state index in [-0.39, 0.29) is 17.6 Å². The molecule has 1 aliphatic rings. The lowest BCUT2D eigenvalue weighted by atomic mass is 9.97. The minimum Gasteiger partial charge on any atom is -0.462 e. The fourth-order valence-corrected chi connectivity index (χ4v) is 3.61. The monoisotopic (exact) mass is 419 g/mol. The van der Waals surface area contributed by atoms with E-state index in [4.69, 9.17) is 26.8 Å². The Bertz CT molecular complexity index is 727. The van der Waals surface area contributed by atoms with E-state index in [1.165, 1.54) is 12.3 Å². The van der Waals surface area contributed by atoms with Gasteiger partial charge in [0.2, 0.25) is 0 Å². The van der Waals surface area contributed by atoms with Crippen LogP contribution in [0.4, 0.5) is 10.2 Å². The maximum atomic E-state index is 14.8. The summed E-state index contributed by atoms with van der Waals surface area (Å²) in [6.45, 7) is 3.52. The molecule has 0 aliphatic carbocycles. The van der Waals surface area contributed by atoms with Crippen LogP contribution in [0.1, 0.15) is 45.8 Å². The smallest absolute Gasteiger partial charge is 0.351 e. The van der Waals surface area contributed by atoms with Gasteiger partial charge in [0, 0.05) is 6.20 Å². The first-order valence-corrected chi connectivity index (χ1v) is 9.90. The summed E-state index contributed by atoms with van der Waals surface area (Å²) >= 11 is 5.96. The van der Waals surface area contributed by atoms with Crippen molar-refractivity contribution < 1.29 is 23.8 Å². The van der Waals surface area contributed by atoms with E-state index in [0.717, 1.165) is 17.4 Å². The SMILES string of the molecule is CCCC(CCC)C(=O)OC[C@@]1(CCl)O[C@@H](n2ccc(N)nc2=O)[C@@H](F)[C@@H]1O. The van der Waals surface area contributed by atoms with Gasteiger partial charge in [0.15, 0.2) is 12.4 Å². The van der Waals surface area contributed by atoms with Gasteiger partial charge in [0.1, 0.15) is 24.1 Å². The molecule has 2 rings (SSSR count). The zero-order valence-electron chi connectivity index (χ0n) is 16.0. The molecule has 1 fully saturated rings. The topological polar surface area (TPSA) is 117 Å². The van der Waals surface area contributed by atoms with Gasteiger partial charge in [-0.3, -0.25) is 9.36 Å². The first kappa shape index (κ1) is 22.6. The quantitative estimate of drug-likeness (QED) is 0.463. The van der Waals surface area contributed by atoms with Crippen molar-refractivity contribution in [2.24, 2.45) is 5.92 Å². The molecule has 1 aromatic heterocycles. The van der Waals surface area contributed by atoms with Gasteiger partial charge < -0.3 is 20.3 Å². The van der Waals surface area contributed by atoms with Crippen molar-refractivity contribution in [2.45, 2.75) is 63.6 Å². The predicted octanol–water partition coefficient (Wildman–Crippen LogP) is 1.79. The van der Waals surface area contributed by atoms with Gasteiger partial charge in [-0.05, 0) is 18.9 Å². The molecule has 1 saturated heterocycles. The number of ether oxygens (including phenoxy) is 2. The van der Waals surface area contributed by atoms with E-state index in [2.05, 4.69) is 4.98 Å². The van der Waals surface area contributed by atoms with Crippen LogP contribution in [-0.4, -0.2) is 51.0 Å². The highest BCUT2D eigenvalue weighted by Crippen LogP contribution is 2.40. The van der Waals surface area contributed by atoms with E-state index < -0.39 is 42.4 Å². The number of anilines is 1. The maximum absolute atomic E-state index is 14.8. The van der Waals surface area contributed by atoms with E-state index >= 15 is 0 Å². The van der Waals surface area contributed by atoms with Crippen molar-refractivity contribution in [3.63, 3.8) is 0 Å². The minimum absolute atomic E-state index is 0.0226. The van der Waals surface area contributed by atoms with Gasteiger partial charge in [-0.15, -0.1) is 11.6 Å². The second-order valence-electron chi connectivity index (χ2n) is 7.02. The number of carbonyl (C=O) groups excluding carboxylic acids is 1. The van der Waals surface area contributed by atoms with Crippen LogP contribution in [0.25, 0.3) is 0 Å². The molecular weight excluding hydrogens is 393 g/mol. The third-order valence-electron chi connectivity index (χ3n) is 4.89. The number of rotatable bonds is 9. The Morgan fingerprint density at radius 2 is 2.14 bits per heavy atom. The number of nitrogens with zero attached hydrogens (tertiary/aromatic N) is 2. The van der Waals surface area contributed by atoms with E-state index in [1.807, 2.05) is 13.8 Å². The summed E-state index contributed by atoms with van der Waals surface area (Å²) in [5.74, 6) is -1.07. The van der Waals surface area contributed by atoms with E-state index in [9.17, 15) is 19.1 Å². The molecule has 1 aromatic rings. The highest BCUT2D eigenvalue weighted by Gasteiger charge is 2.56. The average molecular weight is 420 g/mol. The molecule has 8 nitrogen and oxygen atoms in total. The Morgan fingerprint density at radius 1 is 1.50 bits per heavy atom. The Labute approximate surface area is 167 Å². The van der Waals surface area contributed by atoms with Crippen molar-refractivity contribution in [3.8, 4) is 0 Å². The summed E-state index contributed by atoms with van der Waals surface area (Å²) in [5, 5.41) is 10.4. The van der Waals surface area contributed by atoms with Gasteiger partial charge in [-0.1, -0.05) is 26.7 Å². The zero-order chi connectivity index (χ0) is 20.9. The fraction of sp³-hybridized carbons (Fsp3) is 0.722. The van der Waals surface area contributed by atoms with Crippen LogP contribution in [-0.2, 0) is 14.3 Å². The van der Waals surface area contributed by atoms with Crippen LogP contribution in [0.15, 0.2) is 17.1 Å². The first-order valence-electron chi connectivity index (χ1n) is 9.36. The van der Waals surface area contributed by atoms with E-state index in [0.29, 0.717) is 12.8 Å². The molecule has 28 heavy (non-hydrogen) atoms. The molecule has 0 aromatic carbocycles. The Hall–Kier alpha value is -1.71. The largest absolute Gasteiger partial charge is 0.462 e. The molecule has 0 amide bonds. The number of esters is 1. The number of hydrogen-bond acceptors (Lipinski definition) is 7. The van der Waals surface area contributed by atoms with E-state index in [1.54, 1.807) is 0 Å². The summed E-state index contributed by atoms with van der Waals surface area (Å²) < 4.78 is 26.6. The maximum Gasteiger partial charge on any atom is 0.351 e. The third-order valence-corrected chi connectivity index (χ3v) is 5.34. The molecular formula is C18H27ClFN3O5. The lowest BCUT2D eigenvalue weighted by Gasteiger charge is -2.29. The Morgan fingerprint density at radius 3 is 2.68 bits per heavy atom. The Balaban J connectivity index is 2.17. The highest BCUT2D eigenvalue weighted by atomic mass is 35.5. The number of alkyl halides is 2. The number of aromatic nitrogens is 2. The van der Waals surface area contributed by atoms with Crippen molar-refractivity contribution in [3.05, 3.63) is 22.7 Å². The number of nitrogen functional groups attached to an aromatic ring is 1. The lowest BCUT2D eigenvalue weighted by Crippen LogP contribution is -2.48. The second-order valence-corrected chi connectivity index (χ2v) is 7.29. The molecule has 158 valence electrons. The molecule has 0 bridgehead atoms. The molecule has 3 N–H and O–H groups in total. The summed E-state index contributed by atoms with van der Waals surface area (Å²) in [7, 11) is 0. The molecule has 0 unspecified atom stereocenters. The van der Waals surface area contributed by atoms with Crippen molar-refractivity contribution in [1.29, 1.82) is 0 Å². The number of nitrogens with two attached hydrogens (primary N) is 1. The van der Waals surface area contributed by atoms with Crippen LogP contribution in [0.3, 0.4) is 0 Å².